The van der Waals surface area contributed by atoms with Crippen molar-refractivity contribution >= 4 is 17.7 Å². The molecule has 5 nitrogen and oxygen atoms in total. The second kappa shape index (κ2) is 11.7. The Morgan fingerprint density at radius 2 is 1.46 bits per heavy atom. The zero-order chi connectivity index (χ0) is 24.5. The molecule has 5 heteroatoms. The molecule has 4 rings (SSSR count). The van der Waals surface area contributed by atoms with Crippen molar-refractivity contribution in [1.29, 1.82) is 0 Å². The molecule has 176 valence electrons. The predicted octanol–water partition coefficient (Wildman–Crippen LogP) is 5.13. The Balaban J connectivity index is 1.72. The van der Waals surface area contributed by atoms with E-state index >= 15 is 0 Å². The van der Waals surface area contributed by atoms with Gasteiger partial charge in [-0.25, -0.2) is 0 Å². The number of pyridine rings is 1. The topological polar surface area (TPSA) is 51.5 Å². The molecule has 0 saturated heterocycles. The fourth-order valence-electron chi connectivity index (χ4n) is 3.85. The molecule has 0 saturated carbocycles. The molecule has 0 spiro atoms. The van der Waals surface area contributed by atoms with E-state index in [4.69, 9.17) is 4.74 Å². The Morgan fingerprint density at radius 1 is 0.829 bits per heavy atom. The Hall–Kier alpha value is -4.38. The summed E-state index contributed by atoms with van der Waals surface area (Å²) in [6, 6.07) is 32.3. The van der Waals surface area contributed by atoms with E-state index in [-0.39, 0.29) is 11.5 Å². The van der Waals surface area contributed by atoms with E-state index in [0.717, 1.165) is 22.4 Å². The van der Waals surface area contributed by atoms with Crippen LogP contribution in [0, 0.1) is 0 Å². The van der Waals surface area contributed by atoms with Gasteiger partial charge in [-0.05, 0) is 47.4 Å². The zero-order valence-electron chi connectivity index (χ0n) is 19.7. The van der Waals surface area contributed by atoms with E-state index in [9.17, 15) is 9.59 Å². The molecule has 1 aromatic heterocycles. The van der Waals surface area contributed by atoms with E-state index in [1.54, 1.807) is 36.4 Å². The van der Waals surface area contributed by atoms with Crippen molar-refractivity contribution in [2.45, 2.75) is 13.0 Å². The molecule has 1 heterocycles. The lowest BCUT2D eigenvalue weighted by Gasteiger charge is -2.25. The van der Waals surface area contributed by atoms with Crippen molar-refractivity contribution in [2.24, 2.45) is 0 Å². The van der Waals surface area contributed by atoms with Gasteiger partial charge in [0, 0.05) is 25.4 Å². The summed E-state index contributed by atoms with van der Waals surface area (Å²) in [4.78, 5) is 28.6. The number of aromatic nitrogens is 1. The summed E-state index contributed by atoms with van der Waals surface area (Å²) < 4.78 is 6.66. The fourth-order valence-corrected chi connectivity index (χ4v) is 3.85. The molecule has 0 N–H and O–H groups in total. The molecule has 3 aromatic carbocycles. The molecule has 0 fully saturated rings. The molecule has 0 unspecified atom stereocenters. The number of rotatable bonds is 9. The number of carbonyl (C=O) groups excluding carboxylic acids is 1. The number of ether oxygens (including phenoxy) is 1. The Labute approximate surface area is 205 Å². The highest BCUT2D eigenvalue weighted by molar-refractivity contribution is 6.18. The number of benzene rings is 3. The maximum absolute atomic E-state index is 14.0. The first kappa shape index (κ1) is 23.8. The van der Waals surface area contributed by atoms with Crippen LogP contribution in [-0.4, -0.2) is 29.0 Å². The average Bonchev–Trinajstić information content (AvgIpc) is 2.91. The molecule has 0 atom stereocenters. The standard InChI is InChI=1S/C30H28N2O3/c1-35-27-17-15-25(16-18-27)22-28(32-20-9-8-14-29(32)33)30(34)31(23-26-12-6-3-7-13-26)21-19-24-10-4-2-5-11-24/h2-18,20,22H,19,21,23H2,1H3. The lowest BCUT2D eigenvalue weighted by atomic mass is 10.1. The normalized spacial score (nSPS) is 11.2. The van der Waals surface area contributed by atoms with Gasteiger partial charge in [-0.2, -0.15) is 0 Å². The Kier molecular flexibility index (Phi) is 7.92. The number of amides is 1. The van der Waals surface area contributed by atoms with E-state index < -0.39 is 0 Å². The quantitative estimate of drug-likeness (QED) is 0.323. The second-order valence-electron chi connectivity index (χ2n) is 8.16. The molecule has 1 amide bonds. The summed E-state index contributed by atoms with van der Waals surface area (Å²) in [5, 5.41) is 0. The van der Waals surface area contributed by atoms with Crippen LogP contribution >= 0.6 is 0 Å². The second-order valence-corrected chi connectivity index (χ2v) is 8.16. The molecular formula is C30H28N2O3. The molecule has 4 aromatic rings. The summed E-state index contributed by atoms with van der Waals surface area (Å²) in [5.74, 6) is 0.509. The van der Waals surface area contributed by atoms with Gasteiger partial charge in [-0.15, -0.1) is 0 Å². The summed E-state index contributed by atoms with van der Waals surface area (Å²) in [6.07, 6.45) is 4.09. The van der Waals surface area contributed by atoms with Crippen LogP contribution in [0.1, 0.15) is 16.7 Å². The van der Waals surface area contributed by atoms with Gasteiger partial charge in [0.2, 0.25) is 0 Å². The van der Waals surface area contributed by atoms with Crippen LogP contribution in [0.25, 0.3) is 11.8 Å². The molecule has 0 bridgehead atoms. The van der Waals surface area contributed by atoms with E-state index in [1.165, 1.54) is 10.6 Å². The monoisotopic (exact) mass is 464 g/mol. The van der Waals surface area contributed by atoms with Gasteiger partial charge in [0.25, 0.3) is 11.5 Å². The van der Waals surface area contributed by atoms with Gasteiger partial charge in [0.15, 0.2) is 0 Å². The van der Waals surface area contributed by atoms with Crippen molar-refractivity contribution < 1.29 is 9.53 Å². The van der Waals surface area contributed by atoms with E-state index in [2.05, 4.69) is 12.1 Å². The van der Waals surface area contributed by atoms with Crippen LogP contribution in [0.4, 0.5) is 0 Å². The van der Waals surface area contributed by atoms with Crippen LogP contribution < -0.4 is 10.3 Å². The van der Waals surface area contributed by atoms with Gasteiger partial charge in [0.05, 0.1) is 7.11 Å². The first-order valence-electron chi connectivity index (χ1n) is 11.5. The van der Waals surface area contributed by atoms with Crippen LogP contribution in [0.3, 0.4) is 0 Å². The highest BCUT2D eigenvalue weighted by atomic mass is 16.5. The summed E-state index contributed by atoms with van der Waals surface area (Å²) in [6.45, 7) is 0.952. The lowest BCUT2D eigenvalue weighted by molar-refractivity contribution is -0.126. The molecular weight excluding hydrogens is 436 g/mol. The lowest BCUT2D eigenvalue weighted by Crippen LogP contribution is -2.36. The third-order valence-corrected chi connectivity index (χ3v) is 5.74. The molecule has 0 aliphatic carbocycles. The minimum absolute atomic E-state index is 0.214. The van der Waals surface area contributed by atoms with Crippen molar-refractivity contribution in [1.82, 2.24) is 9.47 Å². The van der Waals surface area contributed by atoms with Crippen molar-refractivity contribution in [2.75, 3.05) is 13.7 Å². The first-order valence-corrected chi connectivity index (χ1v) is 11.5. The Morgan fingerprint density at radius 3 is 2.09 bits per heavy atom. The maximum Gasteiger partial charge on any atom is 0.271 e. The smallest absolute Gasteiger partial charge is 0.271 e. The number of carbonyl (C=O) groups is 1. The molecule has 35 heavy (non-hydrogen) atoms. The summed E-state index contributed by atoms with van der Waals surface area (Å²) in [7, 11) is 1.61. The third-order valence-electron chi connectivity index (χ3n) is 5.74. The number of methoxy groups -OCH3 is 1. The summed E-state index contributed by atoms with van der Waals surface area (Å²) >= 11 is 0. The van der Waals surface area contributed by atoms with Gasteiger partial charge in [-0.1, -0.05) is 78.9 Å². The van der Waals surface area contributed by atoms with Crippen LogP contribution in [-0.2, 0) is 17.8 Å². The Bertz CT molecular complexity index is 1330. The van der Waals surface area contributed by atoms with Crippen molar-refractivity contribution in [3.8, 4) is 5.75 Å². The highest BCUT2D eigenvalue weighted by Crippen LogP contribution is 2.19. The summed E-state index contributed by atoms with van der Waals surface area (Å²) in [5.41, 5.74) is 3.01. The first-order chi connectivity index (χ1) is 17.1. The van der Waals surface area contributed by atoms with E-state index in [0.29, 0.717) is 25.2 Å². The van der Waals surface area contributed by atoms with Gasteiger partial charge < -0.3 is 9.64 Å². The fraction of sp³-hybridized carbons (Fsp3) is 0.133. The molecule has 0 aliphatic heterocycles. The molecule has 0 radical (unpaired) electrons. The van der Waals surface area contributed by atoms with Crippen LogP contribution in [0.2, 0.25) is 0 Å². The third kappa shape index (κ3) is 6.36. The number of nitrogens with zero attached hydrogens (tertiary/aromatic N) is 2. The van der Waals surface area contributed by atoms with Crippen LogP contribution in [0.5, 0.6) is 5.75 Å². The number of hydrogen-bond donors (Lipinski definition) is 0. The van der Waals surface area contributed by atoms with Gasteiger partial charge in [0.1, 0.15) is 11.4 Å². The minimum Gasteiger partial charge on any atom is -0.497 e. The number of hydrogen-bond acceptors (Lipinski definition) is 3. The largest absolute Gasteiger partial charge is 0.497 e. The zero-order valence-corrected chi connectivity index (χ0v) is 19.7. The van der Waals surface area contributed by atoms with E-state index in [1.807, 2.05) is 72.8 Å². The van der Waals surface area contributed by atoms with Gasteiger partial charge in [-0.3, -0.25) is 14.2 Å². The molecule has 0 aliphatic rings. The predicted molar refractivity (Wildman–Crippen MR) is 140 cm³/mol. The van der Waals surface area contributed by atoms with Crippen molar-refractivity contribution in [3.63, 3.8) is 0 Å². The maximum atomic E-state index is 14.0. The van der Waals surface area contributed by atoms with Crippen molar-refractivity contribution in [3.05, 3.63) is 136 Å². The SMILES string of the molecule is COc1ccc(C=C(C(=O)N(CCc2ccccc2)Cc2ccccc2)n2ccccc2=O)cc1. The van der Waals surface area contributed by atoms with Crippen LogP contribution in [0.15, 0.2) is 114 Å². The highest BCUT2D eigenvalue weighted by Gasteiger charge is 2.21. The minimum atomic E-state index is -0.261. The van der Waals surface area contributed by atoms with Gasteiger partial charge >= 0.3 is 0 Å². The average molecular weight is 465 g/mol.